The SMILES string of the molecule is Cc1cc(C(F)(F)F)ccc1Oc1ccccc1NC(=O)c1c(C(F)F)nn(C)c1F. The molecule has 0 aliphatic heterocycles. The predicted octanol–water partition coefficient (Wildman–Crippen LogP) is 5.87. The number of nitrogens with zero attached hydrogens (tertiary/aromatic N) is 2. The fourth-order valence-corrected chi connectivity index (χ4v) is 2.79. The van der Waals surface area contributed by atoms with Gasteiger partial charge in [0.15, 0.2) is 5.75 Å². The zero-order valence-electron chi connectivity index (χ0n) is 16.1. The van der Waals surface area contributed by atoms with Gasteiger partial charge in [-0.05, 0) is 42.8 Å². The standard InChI is InChI=1S/C20H15F6N3O2/c1-10-9-11(20(24,25)26)7-8-13(10)31-14-6-4-3-5-12(14)27-19(30)15-16(17(21)22)28-29(2)18(15)23/h3-9,17H,1-2H3,(H,27,30). The fraction of sp³-hybridized carbons (Fsp3) is 0.200. The number of aryl methyl sites for hydroxylation is 2. The minimum atomic E-state index is -4.52. The molecular formula is C20H15F6N3O2. The summed E-state index contributed by atoms with van der Waals surface area (Å²) in [5, 5.41) is 5.59. The quantitative estimate of drug-likeness (QED) is 0.502. The number of carbonyl (C=O) groups excluding carboxylic acids is 1. The molecule has 0 aliphatic rings. The topological polar surface area (TPSA) is 56.1 Å². The monoisotopic (exact) mass is 443 g/mol. The second-order valence-electron chi connectivity index (χ2n) is 6.51. The van der Waals surface area contributed by atoms with Gasteiger partial charge in [-0.2, -0.15) is 22.7 Å². The lowest BCUT2D eigenvalue weighted by Gasteiger charge is -2.15. The maximum atomic E-state index is 14.2. The first kappa shape index (κ1) is 22.2. The van der Waals surface area contributed by atoms with E-state index in [0.29, 0.717) is 4.68 Å². The molecule has 0 unspecified atom stereocenters. The van der Waals surface area contributed by atoms with Crippen molar-refractivity contribution in [2.45, 2.75) is 19.5 Å². The average Bonchev–Trinajstić information content (AvgIpc) is 2.99. The van der Waals surface area contributed by atoms with Gasteiger partial charge in [-0.3, -0.25) is 4.79 Å². The number of halogens is 6. The van der Waals surface area contributed by atoms with Crippen LogP contribution in [0.5, 0.6) is 11.5 Å². The van der Waals surface area contributed by atoms with E-state index >= 15 is 0 Å². The van der Waals surface area contributed by atoms with Crippen molar-refractivity contribution in [1.29, 1.82) is 0 Å². The molecule has 1 heterocycles. The summed E-state index contributed by atoms with van der Waals surface area (Å²) in [4.78, 5) is 12.5. The highest BCUT2D eigenvalue weighted by Gasteiger charge is 2.31. The number of amides is 1. The molecule has 2 aromatic carbocycles. The van der Waals surface area contributed by atoms with E-state index in [2.05, 4.69) is 10.4 Å². The molecule has 3 rings (SSSR count). The summed E-state index contributed by atoms with van der Waals surface area (Å²) in [6.45, 7) is 1.41. The lowest BCUT2D eigenvalue weighted by molar-refractivity contribution is -0.137. The number of anilines is 1. The van der Waals surface area contributed by atoms with E-state index in [1.807, 2.05) is 0 Å². The van der Waals surface area contributed by atoms with Crippen molar-refractivity contribution in [2.24, 2.45) is 7.05 Å². The average molecular weight is 443 g/mol. The number of alkyl halides is 5. The van der Waals surface area contributed by atoms with Crippen LogP contribution in [0, 0.1) is 12.9 Å². The first-order valence-corrected chi connectivity index (χ1v) is 8.75. The molecule has 11 heteroatoms. The van der Waals surface area contributed by atoms with E-state index in [0.717, 1.165) is 25.2 Å². The van der Waals surface area contributed by atoms with Crippen molar-refractivity contribution in [3.8, 4) is 11.5 Å². The van der Waals surface area contributed by atoms with Gasteiger partial charge in [0.05, 0.1) is 11.3 Å². The number of aromatic nitrogens is 2. The number of hydrogen-bond acceptors (Lipinski definition) is 3. The van der Waals surface area contributed by atoms with Crippen LogP contribution < -0.4 is 10.1 Å². The van der Waals surface area contributed by atoms with E-state index in [-0.39, 0.29) is 22.7 Å². The second-order valence-corrected chi connectivity index (χ2v) is 6.51. The van der Waals surface area contributed by atoms with Gasteiger partial charge in [0.2, 0.25) is 5.95 Å². The Kier molecular flexibility index (Phi) is 5.96. The molecule has 1 amide bonds. The molecule has 0 fully saturated rings. The molecule has 3 aromatic rings. The smallest absolute Gasteiger partial charge is 0.416 e. The molecular weight excluding hydrogens is 428 g/mol. The zero-order valence-corrected chi connectivity index (χ0v) is 16.1. The largest absolute Gasteiger partial charge is 0.455 e. The molecule has 0 atom stereocenters. The van der Waals surface area contributed by atoms with Crippen molar-refractivity contribution in [2.75, 3.05) is 5.32 Å². The second kappa shape index (κ2) is 8.32. The Labute approximate surface area is 172 Å². The number of hydrogen-bond donors (Lipinski definition) is 1. The lowest BCUT2D eigenvalue weighted by Crippen LogP contribution is -2.16. The number of nitrogens with one attached hydrogen (secondary N) is 1. The number of benzene rings is 2. The molecule has 0 saturated heterocycles. The van der Waals surface area contributed by atoms with Crippen LogP contribution in [0.2, 0.25) is 0 Å². The van der Waals surface area contributed by atoms with Crippen molar-refractivity contribution >= 4 is 11.6 Å². The Morgan fingerprint density at radius 2 is 1.81 bits per heavy atom. The minimum absolute atomic E-state index is 0.00438. The molecule has 0 bridgehead atoms. The third-order valence-electron chi connectivity index (χ3n) is 4.30. The Morgan fingerprint density at radius 3 is 2.42 bits per heavy atom. The Hall–Kier alpha value is -3.50. The van der Waals surface area contributed by atoms with Gasteiger partial charge in [-0.1, -0.05) is 12.1 Å². The van der Waals surface area contributed by atoms with Gasteiger partial charge in [0, 0.05) is 7.05 Å². The van der Waals surface area contributed by atoms with Crippen LogP contribution in [0.15, 0.2) is 42.5 Å². The first-order chi connectivity index (χ1) is 14.5. The molecule has 5 nitrogen and oxygen atoms in total. The number of para-hydroxylation sites is 2. The zero-order chi connectivity index (χ0) is 22.9. The van der Waals surface area contributed by atoms with Crippen LogP contribution in [0.3, 0.4) is 0 Å². The molecule has 0 spiro atoms. The van der Waals surface area contributed by atoms with Crippen LogP contribution >= 0.6 is 0 Å². The fourth-order valence-electron chi connectivity index (χ4n) is 2.79. The van der Waals surface area contributed by atoms with Crippen LogP contribution in [-0.4, -0.2) is 15.7 Å². The van der Waals surface area contributed by atoms with Gasteiger partial charge in [0.25, 0.3) is 12.3 Å². The summed E-state index contributed by atoms with van der Waals surface area (Å²) in [6.07, 6.45) is -7.71. The van der Waals surface area contributed by atoms with Gasteiger partial charge in [-0.25, -0.2) is 13.5 Å². The Morgan fingerprint density at radius 1 is 1.13 bits per heavy atom. The highest BCUT2D eigenvalue weighted by molar-refractivity contribution is 6.06. The molecule has 0 aliphatic carbocycles. The number of rotatable bonds is 5. The summed E-state index contributed by atoms with van der Waals surface area (Å²) >= 11 is 0. The van der Waals surface area contributed by atoms with Gasteiger partial charge < -0.3 is 10.1 Å². The van der Waals surface area contributed by atoms with Crippen molar-refractivity contribution in [1.82, 2.24) is 9.78 Å². The number of ether oxygens (including phenoxy) is 1. The normalized spacial score (nSPS) is 11.6. The van der Waals surface area contributed by atoms with Gasteiger partial charge >= 0.3 is 6.18 Å². The molecule has 31 heavy (non-hydrogen) atoms. The number of carbonyl (C=O) groups is 1. The van der Waals surface area contributed by atoms with Crippen LogP contribution in [0.25, 0.3) is 0 Å². The minimum Gasteiger partial charge on any atom is -0.455 e. The van der Waals surface area contributed by atoms with Crippen molar-refractivity contribution in [3.05, 3.63) is 70.8 Å². The highest BCUT2D eigenvalue weighted by atomic mass is 19.4. The molecule has 0 radical (unpaired) electrons. The first-order valence-electron chi connectivity index (χ1n) is 8.75. The molecule has 1 N–H and O–H groups in total. The maximum absolute atomic E-state index is 14.2. The summed E-state index contributed by atoms with van der Waals surface area (Å²) in [6, 6.07) is 8.64. The van der Waals surface area contributed by atoms with E-state index < -0.39 is 41.3 Å². The molecule has 0 saturated carbocycles. The summed E-state index contributed by atoms with van der Waals surface area (Å²) in [5.74, 6) is -2.33. The van der Waals surface area contributed by atoms with Gasteiger partial charge in [0.1, 0.15) is 17.0 Å². The Balaban J connectivity index is 1.90. The summed E-state index contributed by atoms with van der Waals surface area (Å²) in [7, 11) is 1.07. The predicted molar refractivity (Wildman–Crippen MR) is 98.8 cm³/mol. The third kappa shape index (κ3) is 4.65. The van der Waals surface area contributed by atoms with Crippen molar-refractivity contribution in [3.63, 3.8) is 0 Å². The molecule has 1 aromatic heterocycles. The maximum Gasteiger partial charge on any atom is 0.416 e. The summed E-state index contributed by atoms with van der Waals surface area (Å²) in [5.41, 5.74) is -2.62. The summed E-state index contributed by atoms with van der Waals surface area (Å²) < 4.78 is 85.0. The van der Waals surface area contributed by atoms with E-state index in [1.54, 1.807) is 0 Å². The van der Waals surface area contributed by atoms with E-state index in [9.17, 15) is 31.1 Å². The lowest BCUT2D eigenvalue weighted by atomic mass is 10.1. The van der Waals surface area contributed by atoms with Crippen LogP contribution in [-0.2, 0) is 13.2 Å². The third-order valence-corrected chi connectivity index (χ3v) is 4.30. The van der Waals surface area contributed by atoms with E-state index in [4.69, 9.17) is 4.74 Å². The van der Waals surface area contributed by atoms with Crippen LogP contribution in [0.1, 0.15) is 33.6 Å². The van der Waals surface area contributed by atoms with Gasteiger partial charge in [-0.15, -0.1) is 0 Å². The van der Waals surface area contributed by atoms with E-state index in [1.165, 1.54) is 31.2 Å². The Bertz CT molecular complexity index is 1120. The van der Waals surface area contributed by atoms with Crippen molar-refractivity contribution < 1.29 is 35.9 Å². The van der Waals surface area contributed by atoms with Crippen LogP contribution in [0.4, 0.5) is 32.0 Å². The highest BCUT2D eigenvalue weighted by Crippen LogP contribution is 2.36. The molecule has 164 valence electrons.